The van der Waals surface area contributed by atoms with E-state index in [9.17, 15) is 0 Å². The topological polar surface area (TPSA) is 24.1 Å². The van der Waals surface area contributed by atoms with E-state index in [0.717, 1.165) is 105 Å². The summed E-state index contributed by atoms with van der Waals surface area (Å²) in [5, 5.41) is 8.46. The molecule has 70 heavy (non-hydrogen) atoms. The van der Waals surface area contributed by atoms with Crippen molar-refractivity contribution in [1.29, 1.82) is 0 Å². The Balaban J connectivity index is 1.03. The van der Waals surface area contributed by atoms with Gasteiger partial charge in [0.1, 0.15) is 0 Å². The molecule has 330 valence electrons. The number of rotatable bonds is 5. The van der Waals surface area contributed by atoms with Crippen LogP contribution in [0, 0.1) is 6.57 Å². The van der Waals surface area contributed by atoms with Gasteiger partial charge in [0.15, 0.2) is 5.69 Å². The first-order valence-corrected chi connectivity index (χ1v) is 23.1. The number of para-hydroxylation sites is 6. The van der Waals surface area contributed by atoms with Crippen LogP contribution < -0.4 is 0 Å². The fourth-order valence-electron chi connectivity index (χ4n) is 11.3. The second-order valence-electron chi connectivity index (χ2n) is 17.9. The molecule has 0 N–H and O–H groups in total. The molecule has 0 amide bonds. The molecule has 4 heterocycles. The molecule has 0 spiro atoms. The molecule has 14 rings (SSSR count). The van der Waals surface area contributed by atoms with Gasteiger partial charge in [-0.25, -0.2) is 4.85 Å². The maximum Gasteiger partial charge on any atom is 0.416 e. The molecule has 14 aromatic rings. The lowest BCUT2D eigenvalue weighted by molar-refractivity contribution is -0.137. The minimum atomic E-state index is -4.66. The summed E-state index contributed by atoms with van der Waals surface area (Å²) in [7, 11) is 0. The lowest BCUT2D eigenvalue weighted by atomic mass is 9.96. The summed E-state index contributed by atoms with van der Waals surface area (Å²) in [6.45, 7) is 8.59. The fourth-order valence-corrected chi connectivity index (χ4v) is 11.3. The second-order valence-corrected chi connectivity index (χ2v) is 17.9. The highest BCUT2D eigenvalue weighted by molar-refractivity contribution is 6.15. The number of nitrogens with zero attached hydrogens (tertiary/aromatic N) is 5. The Bertz CT molecular complexity index is 4450. The molecular formula is C62H36F3N5. The van der Waals surface area contributed by atoms with Crippen molar-refractivity contribution in [3.05, 3.63) is 235 Å². The number of alkyl halides is 3. The lowest BCUT2D eigenvalue weighted by Gasteiger charge is -2.21. The Morgan fingerprint density at radius 2 is 0.700 bits per heavy atom. The van der Waals surface area contributed by atoms with Gasteiger partial charge in [-0.05, 0) is 103 Å². The summed E-state index contributed by atoms with van der Waals surface area (Å²) in [6.07, 6.45) is -4.66. The zero-order valence-corrected chi connectivity index (χ0v) is 37.2. The largest absolute Gasteiger partial charge is 0.416 e. The number of benzene rings is 10. The van der Waals surface area contributed by atoms with Crippen molar-refractivity contribution in [2.75, 3.05) is 0 Å². The lowest BCUT2D eigenvalue weighted by Crippen LogP contribution is -2.08. The third-order valence-electron chi connectivity index (χ3n) is 14.2. The standard InChI is InChI=1S/C62H36F3N5/c1-66-50-21-14-28-60(70-56-27-13-7-20-46(56)48-37-40(31-34-58(48)70)68-53-24-10-4-17-43(53)44-18-5-11-25-54(44)68)61(50)49-35-38(62(63,64)65)29-32-59(49)69-55-26-12-6-19-45(55)47-36-39(30-33-57(47)69)67-51-22-8-2-15-41(51)42-16-3-9-23-52(42)67/h2-37H. The number of aromatic nitrogens is 4. The molecule has 0 aliphatic heterocycles. The first-order valence-electron chi connectivity index (χ1n) is 23.1. The van der Waals surface area contributed by atoms with Crippen molar-refractivity contribution in [3.63, 3.8) is 0 Å². The van der Waals surface area contributed by atoms with Gasteiger partial charge >= 0.3 is 6.18 Å². The molecule has 0 unspecified atom stereocenters. The first-order chi connectivity index (χ1) is 34.4. The van der Waals surface area contributed by atoms with Crippen LogP contribution in [0.2, 0.25) is 0 Å². The zero-order chi connectivity index (χ0) is 46.8. The van der Waals surface area contributed by atoms with E-state index in [0.29, 0.717) is 22.5 Å². The van der Waals surface area contributed by atoms with Gasteiger partial charge in [0.2, 0.25) is 0 Å². The van der Waals surface area contributed by atoms with Crippen LogP contribution in [-0.4, -0.2) is 18.3 Å². The number of hydrogen-bond donors (Lipinski definition) is 0. The molecule has 5 nitrogen and oxygen atoms in total. The quantitative estimate of drug-likeness (QED) is 0.154. The average molecular weight is 908 g/mol. The van der Waals surface area contributed by atoms with Gasteiger partial charge in [0.25, 0.3) is 0 Å². The molecule has 4 aromatic heterocycles. The molecule has 0 fully saturated rings. The van der Waals surface area contributed by atoms with Crippen LogP contribution in [0.15, 0.2) is 218 Å². The van der Waals surface area contributed by atoms with Crippen LogP contribution in [-0.2, 0) is 6.18 Å². The van der Waals surface area contributed by atoms with Crippen LogP contribution in [0.4, 0.5) is 18.9 Å². The van der Waals surface area contributed by atoms with Crippen molar-refractivity contribution in [2.24, 2.45) is 0 Å². The van der Waals surface area contributed by atoms with E-state index in [-0.39, 0.29) is 5.69 Å². The smallest absolute Gasteiger partial charge is 0.310 e. The number of fused-ring (bicyclic) bond motifs is 12. The Morgan fingerprint density at radius 1 is 0.329 bits per heavy atom. The second kappa shape index (κ2) is 14.8. The molecule has 0 aliphatic rings. The van der Waals surface area contributed by atoms with Crippen LogP contribution in [0.3, 0.4) is 0 Å². The number of halogens is 3. The van der Waals surface area contributed by atoms with Gasteiger partial charge < -0.3 is 18.3 Å². The van der Waals surface area contributed by atoms with Crippen LogP contribution in [0.5, 0.6) is 0 Å². The maximum absolute atomic E-state index is 15.1. The van der Waals surface area contributed by atoms with E-state index < -0.39 is 11.7 Å². The van der Waals surface area contributed by atoms with E-state index in [1.807, 2.05) is 60.7 Å². The summed E-state index contributed by atoms with van der Waals surface area (Å²) >= 11 is 0. The SMILES string of the molecule is [C-]#[N+]c1cccc(-n2c3ccccc3c3cc(-n4c5ccccc5c5ccccc54)ccc32)c1-c1cc(C(F)(F)F)ccc1-n1c2ccccc2c2cc(-n3c4ccccc4c4ccccc43)ccc21. The van der Waals surface area contributed by atoms with Crippen molar-refractivity contribution in [1.82, 2.24) is 18.3 Å². The minimum Gasteiger partial charge on any atom is -0.310 e. The Hall–Kier alpha value is -9.32. The maximum atomic E-state index is 15.1. The normalized spacial score (nSPS) is 12.2. The van der Waals surface area contributed by atoms with E-state index in [2.05, 4.69) is 157 Å². The van der Waals surface area contributed by atoms with E-state index in [1.54, 1.807) is 12.1 Å². The molecule has 0 atom stereocenters. The zero-order valence-electron chi connectivity index (χ0n) is 37.2. The summed E-state index contributed by atoms with van der Waals surface area (Å²) in [6, 6.07) is 71.8. The molecule has 0 bridgehead atoms. The van der Waals surface area contributed by atoms with Crippen molar-refractivity contribution < 1.29 is 13.2 Å². The third kappa shape index (κ3) is 5.66. The minimum absolute atomic E-state index is 0.236. The summed E-state index contributed by atoms with van der Waals surface area (Å²) in [4.78, 5) is 4.05. The average Bonchev–Trinajstić information content (AvgIpc) is 4.13. The van der Waals surface area contributed by atoms with Gasteiger partial charge in [-0.1, -0.05) is 121 Å². The Kier molecular flexibility index (Phi) is 8.44. The van der Waals surface area contributed by atoms with Gasteiger partial charge in [0, 0.05) is 65.7 Å². The van der Waals surface area contributed by atoms with Crippen molar-refractivity contribution in [3.8, 4) is 33.9 Å². The van der Waals surface area contributed by atoms with Gasteiger partial charge in [-0.3, -0.25) is 0 Å². The predicted molar refractivity (Wildman–Crippen MR) is 280 cm³/mol. The van der Waals surface area contributed by atoms with Crippen LogP contribution in [0.25, 0.3) is 126 Å². The monoisotopic (exact) mass is 907 g/mol. The van der Waals surface area contributed by atoms with Gasteiger partial charge in [0.05, 0.1) is 62.0 Å². The van der Waals surface area contributed by atoms with Gasteiger partial charge in [-0.15, -0.1) is 0 Å². The predicted octanol–water partition coefficient (Wildman–Crippen LogP) is 17.3. The highest BCUT2D eigenvalue weighted by Crippen LogP contribution is 2.47. The Morgan fingerprint density at radius 3 is 1.11 bits per heavy atom. The first kappa shape index (κ1) is 39.8. The van der Waals surface area contributed by atoms with E-state index in [1.165, 1.54) is 6.07 Å². The molecule has 0 radical (unpaired) electrons. The van der Waals surface area contributed by atoms with E-state index in [4.69, 9.17) is 6.57 Å². The van der Waals surface area contributed by atoms with Crippen LogP contribution >= 0.6 is 0 Å². The highest BCUT2D eigenvalue weighted by Gasteiger charge is 2.33. The molecule has 0 aliphatic carbocycles. The summed E-state index contributed by atoms with van der Waals surface area (Å²) in [5.74, 6) is 0. The molecule has 0 saturated carbocycles. The summed E-state index contributed by atoms with van der Waals surface area (Å²) < 4.78 is 54.1. The molecule has 0 saturated heterocycles. The Labute approximate surface area is 398 Å². The van der Waals surface area contributed by atoms with Gasteiger partial charge in [-0.2, -0.15) is 13.2 Å². The highest BCUT2D eigenvalue weighted by atomic mass is 19.4. The summed E-state index contributed by atoms with van der Waals surface area (Å²) in [5.41, 5.74) is 10.9. The molecular weight excluding hydrogens is 872 g/mol. The fraction of sp³-hybridized carbons (Fsp3) is 0.0161. The van der Waals surface area contributed by atoms with E-state index >= 15 is 13.2 Å². The molecule has 10 aromatic carbocycles. The van der Waals surface area contributed by atoms with Crippen molar-refractivity contribution >= 4 is 92.9 Å². The number of hydrogen-bond acceptors (Lipinski definition) is 0. The third-order valence-corrected chi connectivity index (χ3v) is 14.2. The van der Waals surface area contributed by atoms with Crippen molar-refractivity contribution in [2.45, 2.75) is 6.18 Å². The van der Waals surface area contributed by atoms with Crippen LogP contribution in [0.1, 0.15) is 5.56 Å². The molecule has 8 heteroatoms.